The van der Waals surface area contributed by atoms with E-state index in [9.17, 15) is 5.26 Å². The molecule has 0 saturated heterocycles. The SMILES string of the molecule is CC(Nc1cc(C#N)c2cc(Cl)ccc2n1)c1cn(-c2ccccc2)nn1. The predicted octanol–water partition coefficient (Wildman–Crippen LogP) is 4.51. The van der Waals surface area contributed by atoms with E-state index in [1.807, 2.05) is 43.5 Å². The van der Waals surface area contributed by atoms with Crippen molar-refractivity contribution in [2.75, 3.05) is 5.32 Å². The van der Waals surface area contributed by atoms with Crippen LogP contribution in [-0.4, -0.2) is 20.0 Å². The summed E-state index contributed by atoms with van der Waals surface area (Å²) < 4.78 is 1.73. The Balaban J connectivity index is 1.62. The van der Waals surface area contributed by atoms with Crippen LogP contribution < -0.4 is 5.32 Å². The number of benzene rings is 2. The van der Waals surface area contributed by atoms with Crippen molar-refractivity contribution in [2.45, 2.75) is 13.0 Å². The zero-order valence-corrected chi connectivity index (χ0v) is 15.2. The number of hydrogen-bond donors (Lipinski definition) is 1. The normalized spacial score (nSPS) is 11.9. The van der Waals surface area contributed by atoms with Crippen molar-refractivity contribution in [3.63, 3.8) is 0 Å². The van der Waals surface area contributed by atoms with Gasteiger partial charge in [0.2, 0.25) is 0 Å². The molecule has 0 aliphatic heterocycles. The number of halogens is 1. The van der Waals surface area contributed by atoms with Gasteiger partial charge in [-0.1, -0.05) is 35.0 Å². The number of fused-ring (bicyclic) bond motifs is 1. The van der Waals surface area contributed by atoms with Crippen molar-refractivity contribution in [3.8, 4) is 11.8 Å². The fourth-order valence-corrected chi connectivity index (χ4v) is 3.01. The Labute approximate surface area is 161 Å². The van der Waals surface area contributed by atoms with Crippen molar-refractivity contribution in [1.29, 1.82) is 5.26 Å². The molecular formula is C20H15ClN6. The largest absolute Gasteiger partial charge is 0.362 e. The molecule has 2 aromatic heterocycles. The fourth-order valence-electron chi connectivity index (χ4n) is 2.84. The summed E-state index contributed by atoms with van der Waals surface area (Å²) in [4.78, 5) is 4.58. The van der Waals surface area contributed by atoms with Crippen molar-refractivity contribution in [3.05, 3.63) is 77.1 Å². The van der Waals surface area contributed by atoms with Crippen LogP contribution in [0.25, 0.3) is 16.6 Å². The van der Waals surface area contributed by atoms with Crippen molar-refractivity contribution in [1.82, 2.24) is 20.0 Å². The van der Waals surface area contributed by atoms with Crippen LogP contribution in [0.1, 0.15) is 24.2 Å². The highest BCUT2D eigenvalue weighted by Gasteiger charge is 2.13. The maximum atomic E-state index is 9.46. The molecule has 0 aliphatic carbocycles. The van der Waals surface area contributed by atoms with E-state index in [0.717, 1.165) is 16.8 Å². The number of hydrogen-bond acceptors (Lipinski definition) is 5. The van der Waals surface area contributed by atoms with Gasteiger partial charge < -0.3 is 5.32 Å². The summed E-state index contributed by atoms with van der Waals surface area (Å²) in [6, 6.07) is 18.9. The lowest BCUT2D eigenvalue weighted by atomic mass is 10.1. The zero-order valence-electron chi connectivity index (χ0n) is 14.5. The molecule has 0 amide bonds. The molecule has 0 bridgehead atoms. The van der Waals surface area contributed by atoms with E-state index in [2.05, 4.69) is 26.7 Å². The minimum atomic E-state index is -0.133. The van der Waals surface area contributed by atoms with Crippen LogP contribution in [0.3, 0.4) is 0 Å². The molecular weight excluding hydrogens is 360 g/mol. The first-order valence-corrected chi connectivity index (χ1v) is 8.76. The zero-order chi connectivity index (χ0) is 18.8. The van der Waals surface area contributed by atoms with Crippen LogP contribution in [0.4, 0.5) is 5.82 Å². The molecule has 132 valence electrons. The molecule has 2 heterocycles. The molecule has 4 rings (SSSR count). The molecule has 0 fully saturated rings. The standard InChI is InChI=1S/C20H15ClN6/c1-13(19-12-27(26-25-19)16-5-3-2-4-6-16)23-20-9-14(11-22)17-10-15(21)7-8-18(17)24-20/h2-10,12-13H,1H3,(H,23,24). The molecule has 6 nitrogen and oxygen atoms in total. The summed E-state index contributed by atoms with van der Waals surface area (Å²) in [7, 11) is 0. The summed E-state index contributed by atoms with van der Waals surface area (Å²) in [5, 5.41) is 22.5. The number of anilines is 1. The number of nitrogens with one attached hydrogen (secondary N) is 1. The number of pyridine rings is 1. The summed E-state index contributed by atoms with van der Waals surface area (Å²) >= 11 is 6.03. The van der Waals surface area contributed by atoms with Crippen LogP contribution >= 0.6 is 11.6 Å². The maximum Gasteiger partial charge on any atom is 0.128 e. The molecule has 4 aromatic rings. The summed E-state index contributed by atoms with van der Waals surface area (Å²) in [5.74, 6) is 0.600. The highest BCUT2D eigenvalue weighted by molar-refractivity contribution is 6.31. The van der Waals surface area contributed by atoms with Crippen LogP contribution in [0.5, 0.6) is 0 Å². The highest BCUT2D eigenvalue weighted by Crippen LogP contribution is 2.25. The first kappa shape index (κ1) is 17.0. The lowest BCUT2D eigenvalue weighted by Crippen LogP contribution is -2.09. The maximum absolute atomic E-state index is 9.46. The Morgan fingerprint density at radius 1 is 1.15 bits per heavy atom. The van der Waals surface area contributed by atoms with E-state index in [-0.39, 0.29) is 6.04 Å². The van der Waals surface area contributed by atoms with E-state index < -0.39 is 0 Å². The minimum absolute atomic E-state index is 0.133. The summed E-state index contributed by atoms with van der Waals surface area (Å²) in [5.41, 5.74) is 2.94. The monoisotopic (exact) mass is 374 g/mol. The third kappa shape index (κ3) is 3.46. The van der Waals surface area contributed by atoms with Gasteiger partial charge in [0.05, 0.1) is 35.1 Å². The number of aromatic nitrogens is 4. The third-order valence-electron chi connectivity index (χ3n) is 4.23. The van der Waals surface area contributed by atoms with Crippen LogP contribution in [-0.2, 0) is 0 Å². The van der Waals surface area contributed by atoms with Gasteiger partial charge in [-0.2, -0.15) is 5.26 Å². The molecule has 0 spiro atoms. The van der Waals surface area contributed by atoms with E-state index in [1.54, 1.807) is 28.9 Å². The van der Waals surface area contributed by atoms with Gasteiger partial charge in [-0.05, 0) is 43.3 Å². The van der Waals surface area contributed by atoms with Gasteiger partial charge >= 0.3 is 0 Å². The van der Waals surface area contributed by atoms with Gasteiger partial charge in [0.15, 0.2) is 0 Å². The van der Waals surface area contributed by atoms with Crippen LogP contribution in [0, 0.1) is 11.3 Å². The Morgan fingerprint density at radius 2 is 1.96 bits per heavy atom. The average Bonchev–Trinajstić information content (AvgIpc) is 3.19. The second kappa shape index (κ2) is 7.06. The van der Waals surface area contributed by atoms with Crippen molar-refractivity contribution in [2.24, 2.45) is 0 Å². The molecule has 0 aliphatic rings. The van der Waals surface area contributed by atoms with Crippen LogP contribution in [0.15, 0.2) is 60.8 Å². The average molecular weight is 375 g/mol. The lowest BCUT2D eigenvalue weighted by molar-refractivity contribution is 0.780. The smallest absolute Gasteiger partial charge is 0.128 e. The molecule has 0 radical (unpaired) electrons. The second-order valence-corrected chi connectivity index (χ2v) is 6.55. The quantitative estimate of drug-likeness (QED) is 0.568. The topological polar surface area (TPSA) is 79.4 Å². The van der Waals surface area contributed by atoms with Gasteiger partial charge in [0.1, 0.15) is 11.5 Å². The number of rotatable bonds is 4. The Hall–Kier alpha value is -3.43. The van der Waals surface area contributed by atoms with Gasteiger partial charge in [-0.3, -0.25) is 0 Å². The number of nitriles is 1. The molecule has 7 heteroatoms. The molecule has 1 unspecified atom stereocenters. The lowest BCUT2D eigenvalue weighted by Gasteiger charge is -2.13. The molecule has 1 N–H and O–H groups in total. The van der Waals surface area contributed by atoms with Crippen molar-refractivity contribution >= 4 is 28.3 Å². The minimum Gasteiger partial charge on any atom is -0.362 e. The summed E-state index contributed by atoms with van der Waals surface area (Å²) in [6.07, 6.45) is 1.87. The predicted molar refractivity (Wildman–Crippen MR) is 105 cm³/mol. The molecule has 27 heavy (non-hydrogen) atoms. The van der Waals surface area contributed by atoms with Gasteiger partial charge in [0.25, 0.3) is 0 Å². The Morgan fingerprint density at radius 3 is 2.74 bits per heavy atom. The molecule has 2 aromatic carbocycles. The molecule has 0 saturated carbocycles. The van der Waals surface area contributed by atoms with E-state index in [4.69, 9.17) is 11.6 Å². The fraction of sp³-hybridized carbons (Fsp3) is 0.100. The Bertz CT molecular complexity index is 1150. The van der Waals surface area contributed by atoms with Crippen molar-refractivity contribution < 1.29 is 0 Å². The van der Waals surface area contributed by atoms with Gasteiger partial charge in [0, 0.05) is 10.4 Å². The first-order chi connectivity index (χ1) is 13.1. The van der Waals surface area contributed by atoms with Gasteiger partial charge in [-0.25, -0.2) is 9.67 Å². The third-order valence-corrected chi connectivity index (χ3v) is 4.47. The van der Waals surface area contributed by atoms with Crippen LogP contribution in [0.2, 0.25) is 5.02 Å². The highest BCUT2D eigenvalue weighted by atomic mass is 35.5. The van der Waals surface area contributed by atoms with Gasteiger partial charge in [-0.15, -0.1) is 5.10 Å². The van der Waals surface area contributed by atoms with E-state index in [1.165, 1.54) is 0 Å². The summed E-state index contributed by atoms with van der Waals surface area (Å²) in [6.45, 7) is 1.97. The molecule has 1 atom stereocenters. The number of nitrogens with zero attached hydrogens (tertiary/aromatic N) is 5. The van der Waals surface area contributed by atoms with E-state index in [0.29, 0.717) is 21.9 Å². The Kier molecular flexibility index (Phi) is 4.45. The first-order valence-electron chi connectivity index (χ1n) is 8.38. The second-order valence-electron chi connectivity index (χ2n) is 6.12. The number of para-hydroxylation sites is 1. The van der Waals surface area contributed by atoms with E-state index >= 15 is 0 Å².